The molecular weight excluding hydrogens is 685 g/mol. The van der Waals surface area contributed by atoms with E-state index in [0.29, 0.717) is 0 Å². The summed E-state index contributed by atoms with van der Waals surface area (Å²) < 4.78 is 14.3. The first-order chi connectivity index (χ1) is 27.3. The molecule has 0 fully saturated rings. The fraction of sp³-hybridized carbons (Fsp3) is 0.115. The molecule has 0 radical (unpaired) electrons. The van der Waals surface area contributed by atoms with Crippen molar-refractivity contribution in [2.75, 3.05) is 9.80 Å². The lowest BCUT2D eigenvalue weighted by atomic mass is 9.73. The van der Waals surface area contributed by atoms with Gasteiger partial charge in [-0.05, 0) is 96.1 Å². The topological polar surface area (TPSA) is 32.8 Å². The number of anilines is 6. The summed E-state index contributed by atoms with van der Waals surface area (Å²) >= 11 is 0. The van der Waals surface area contributed by atoms with Gasteiger partial charge >= 0.3 is 0 Å². The fourth-order valence-corrected chi connectivity index (χ4v) is 10.2. The second-order valence-corrected chi connectivity index (χ2v) is 16.5. The van der Waals surface area contributed by atoms with Crippen LogP contribution in [0.4, 0.5) is 34.1 Å². The predicted octanol–water partition coefficient (Wildman–Crippen LogP) is 14.9. The first-order valence-electron chi connectivity index (χ1n) is 19.5. The highest BCUT2D eigenvalue weighted by atomic mass is 16.3. The van der Waals surface area contributed by atoms with Crippen LogP contribution in [0.2, 0.25) is 0 Å². The fourth-order valence-electron chi connectivity index (χ4n) is 10.2. The van der Waals surface area contributed by atoms with Crippen LogP contribution in [0, 0.1) is 0 Å². The number of benzene rings is 8. The number of fused-ring (bicyclic) bond motifs is 15. The SMILES string of the molecule is CC1(C)c2ccccc2N(c2ccccc2)c2ccc3c(oc4c3ccc3c4ccc4c5ccc6c(c5oc43)C(C)(C)c3ccccc3N6c3ccccc3)c21. The standard InChI is InChI=1S/C52H38N2O2/c1-51(2)39-19-11-13-21-41(39)53(31-15-7-5-8-16-31)43-29-27-37-35-25-23-34-33(47(35)55-49(37)45(43)51)24-26-36-38-28-30-44-46(50(38)56-48(34)36)52(3,4)40-20-12-14-22-42(40)54(44)32-17-9-6-10-18-32/h5-30H,1-4H3. The van der Waals surface area contributed by atoms with E-state index in [1.807, 2.05) is 0 Å². The van der Waals surface area contributed by atoms with Gasteiger partial charge in [0.2, 0.25) is 0 Å². The third-order valence-electron chi connectivity index (χ3n) is 12.8. The second-order valence-electron chi connectivity index (χ2n) is 16.5. The zero-order valence-electron chi connectivity index (χ0n) is 31.7. The lowest BCUT2D eigenvalue weighted by Gasteiger charge is -2.41. The van der Waals surface area contributed by atoms with Crippen LogP contribution in [0.25, 0.3) is 54.6 Å². The summed E-state index contributed by atoms with van der Waals surface area (Å²) in [5.41, 5.74) is 14.9. The summed E-state index contributed by atoms with van der Waals surface area (Å²) in [7, 11) is 0. The van der Waals surface area contributed by atoms with Crippen molar-refractivity contribution in [2.45, 2.75) is 38.5 Å². The molecule has 4 heterocycles. The third-order valence-corrected chi connectivity index (χ3v) is 12.8. The van der Waals surface area contributed by atoms with Gasteiger partial charge in [-0.3, -0.25) is 0 Å². The van der Waals surface area contributed by atoms with E-state index in [0.717, 1.165) is 77.4 Å². The van der Waals surface area contributed by atoms with E-state index in [9.17, 15) is 0 Å². The van der Waals surface area contributed by atoms with Crippen LogP contribution in [-0.4, -0.2) is 0 Å². The third kappa shape index (κ3) is 3.98. The average molecular weight is 723 g/mol. The molecule has 0 saturated heterocycles. The molecule has 0 aliphatic carbocycles. The number of hydrogen-bond donors (Lipinski definition) is 0. The number of furan rings is 2. The van der Waals surface area contributed by atoms with Gasteiger partial charge in [0.25, 0.3) is 0 Å². The lowest BCUT2D eigenvalue weighted by Crippen LogP contribution is -2.30. The molecule has 4 nitrogen and oxygen atoms in total. The van der Waals surface area contributed by atoms with Crippen molar-refractivity contribution in [1.82, 2.24) is 0 Å². The van der Waals surface area contributed by atoms with E-state index in [-0.39, 0.29) is 10.8 Å². The van der Waals surface area contributed by atoms with Gasteiger partial charge in [-0.25, -0.2) is 0 Å². The van der Waals surface area contributed by atoms with Gasteiger partial charge in [-0.15, -0.1) is 0 Å². The molecule has 0 spiro atoms. The molecule has 2 aromatic heterocycles. The quantitative estimate of drug-likeness (QED) is 0.178. The Labute approximate surface area is 324 Å². The van der Waals surface area contributed by atoms with Crippen LogP contribution in [0.15, 0.2) is 167 Å². The summed E-state index contributed by atoms with van der Waals surface area (Å²) in [6, 6.07) is 56.9. The normalized spacial score (nSPS) is 15.4. The molecular formula is C52H38N2O2. The average Bonchev–Trinajstić information content (AvgIpc) is 3.80. The Morgan fingerprint density at radius 1 is 0.321 bits per heavy atom. The maximum Gasteiger partial charge on any atom is 0.143 e. The smallest absolute Gasteiger partial charge is 0.143 e. The maximum absolute atomic E-state index is 7.17. The Morgan fingerprint density at radius 3 is 1.04 bits per heavy atom. The number of rotatable bonds is 2. The van der Waals surface area contributed by atoms with Crippen molar-refractivity contribution in [3.05, 3.63) is 180 Å². The Hall–Kier alpha value is -6.78. The summed E-state index contributed by atoms with van der Waals surface area (Å²) in [6.45, 7) is 9.31. The lowest BCUT2D eigenvalue weighted by molar-refractivity contribution is 0.602. The molecule has 8 aromatic carbocycles. The minimum Gasteiger partial charge on any atom is -0.455 e. The van der Waals surface area contributed by atoms with Crippen LogP contribution < -0.4 is 9.80 Å². The highest BCUT2D eigenvalue weighted by Gasteiger charge is 2.41. The minimum atomic E-state index is -0.301. The monoisotopic (exact) mass is 722 g/mol. The minimum absolute atomic E-state index is 0.301. The highest BCUT2D eigenvalue weighted by Crippen LogP contribution is 2.57. The molecule has 0 bridgehead atoms. The summed E-state index contributed by atoms with van der Waals surface area (Å²) in [5, 5.41) is 6.58. The van der Waals surface area contributed by atoms with Crippen LogP contribution in [0.5, 0.6) is 0 Å². The van der Waals surface area contributed by atoms with E-state index in [1.165, 1.54) is 33.6 Å². The zero-order chi connectivity index (χ0) is 37.5. The Kier molecular flexibility index (Phi) is 6.15. The van der Waals surface area contributed by atoms with Crippen molar-refractivity contribution in [3.8, 4) is 0 Å². The summed E-state index contributed by atoms with van der Waals surface area (Å²) in [4.78, 5) is 4.77. The van der Waals surface area contributed by atoms with E-state index in [4.69, 9.17) is 8.83 Å². The van der Waals surface area contributed by atoms with Crippen molar-refractivity contribution < 1.29 is 8.83 Å². The van der Waals surface area contributed by atoms with Crippen LogP contribution in [-0.2, 0) is 10.8 Å². The van der Waals surface area contributed by atoms with E-state index in [2.05, 4.69) is 195 Å². The largest absolute Gasteiger partial charge is 0.455 e. The number of hydrogen-bond acceptors (Lipinski definition) is 4. The van der Waals surface area contributed by atoms with E-state index in [1.54, 1.807) is 0 Å². The molecule has 268 valence electrons. The van der Waals surface area contributed by atoms with Gasteiger partial charge < -0.3 is 18.6 Å². The molecule has 0 atom stereocenters. The summed E-state index contributed by atoms with van der Waals surface area (Å²) in [6.07, 6.45) is 0. The molecule has 0 saturated carbocycles. The number of para-hydroxylation sites is 4. The van der Waals surface area contributed by atoms with Crippen LogP contribution in [0.3, 0.4) is 0 Å². The molecule has 0 amide bonds. The second kappa shape index (κ2) is 10.9. The van der Waals surface area contributed by atoms with Crippen molar-refractivity contribution >= 4 is 88.8 Å². The molecule has 56 heavy (non-hydrogen) atoms. The molecule has 2 aliphatic heterocycles. The number of nitrogens with zero attached hydrogens (tertiary/aromatic N) is 2. The van der Waals surface area contributed by atoms with Gasteiger partial charge in [0.05, 0.1) is 22.7 Å². The Bertz CT molecular complexity index is 3040. The first-order valence-corrected chi connectivity index (χ1v) is 19.5. The molecule has 12 rings (SSSR count). The van der Waals surface area contributed by atoms with Crippen LogP contribution in [0.1, 0.15) is 49.9 Å². The molecule has 10 aromatic rings. The van der Waals surface area contributed by atoms with Gasteiger partial charge in [-0.2, -0.15) is 0 Å². The molecule has 0 N–H and O–H groups in total. The zero-order valence-corrected chi connectivity index (χ0v) is 31.7. The Morgan fingerprint density at radius 2 is 0.643 bits per heavy atom. The summed E-state index contributed by atoms with van der Waals surface area (Å²) in [5.74, 6) is 0. The van der Waals surface area contributed by atoms with Crippen molar-refractivity contribution in [3.63, 3.8) is 0 Å². The van der Waals surface area contributed by atoms with Gasteiger partial charge in [0.15, 0.2) is 0 Å². The molecule has 2 aliphatic rings. The highest BCUT2D eigenvalue weighted by molar-refractivity contribution is 6.24. The van der Waals surface area contributed by atoms with Gasteiger partial charge in [-0.1, -0.05) is 100 Å². The van der Waals surface area contributed by atoms with Crippen molar-refractivity contribution in [2.24, 2.45) is 0 Å². The predicted molar refractivity (Wildman–Crippen MR) is 232 cm³/mol. The van der Waals surface area contributed by atoms with E-state index >= 15 is 0 Å². The first kappa shape index (κ1) is 31.6. The van der Waals surface area contributed by atoms with Crippen molar-refractivity contribution in [1.29, 1.82) is 0 Å². The maximum atomic E-state index is 7.17. The van der Waals surface area contributed by atoms with Gasteiger partial charge in [0, 0.05) is 65.6 Å². The Balaban J connectivity index is 1.11. The van der Waals surface area contributed by atoms with Gasteiger partial charge in [0.1, 0.15) is 22.3 Å². The molecule has 4 heteroatoms. The van der Waals surface area contributed by atoms with Crippen LogP contribution >= 0.6 is 0 Å². The van der Waals surface area contributed by atoms with E-state index < -0.39 is 0 Å². The molecule has 0 unspecified atom stereocenters.